The molecule has 0 aliphatic heterocycles. The average Bonchev–Trinajstić information content (AvgIpc) is 2.25. The Balaban J connectivity index is 4.14. The predicted molar refractivity (Wildman–Crippen MR) is 66.2 cm³/mol. The zero-order chi connectivity index (χ0) is 11.5. The number of hydrogen-bond donors (Lipinski definition) is 0. The third-order valence-corrected chi connectivity index (χ3v) is 1.66. The second kappa shape index (κ2) is 8.95. The van der Waals surface area contributed by atoms with Crippen molar-refractivity contribution in [3.8, 4) is 0 Å². The Kier molecular flexibility index (Phi) is 7.97. The van der Waals surface area contributed by atoms with Gasteiger partial charge in [0, 0.05) is 0 Å². The van der Waals surface area contributed by atoms with Crippen molar-refractivity contribution in [2.75, 3.05) is 0 Å². The Bertz CT molecular complexity index is 314. The van der Waals surface area contributed by atoms with Crippen molar-refractivity contribution in [2.24, 2.45) is 0 Å². The molecule has 0 heterocycles. The summed E-state index contributed by atoms with van der Waals surface area (Å²) in [5.41, 5.74) is 0.911. The minimum Gasteiger partial charge on any atom is -0.207 e. The van der Waals surface area contributed by atoms with Crippen LogP contribution in [0.2, 0.25) is 0 Å². The third-order valence-electron chi connectivity index (χ3n) is 1.66. The van der Waals surface area contributed by atoms with Gasteiger partial charge >= 0.3 is 0 Å². The molecular weight excluding hydrogens is 187 g/mol. The number of halogens is 1. The molecule has 0 aromatic heterocycles. The highest BCUT2D eigenvalue weighted by atomic mass is 19.1. The molecule has 0 radical (unpaired) electrons. The summed E-state index contributed by atoms with van der Waals surface area (Å²) in [5.74, 6) is -0.284. The third kappa shape index (κ3) is 8.69. The van der Waals surface area contributed by atoms with Crippen LogP contribution in [0, 0.1) is 0 Å². The van der Waals surface area contributed by atoms with Gasteiger partial charge in [0.05, 0.1) is 0 Å². The monoisotopic (exact) mass is 204 g/mol. The summed E-state index contributed by atoms with van der Waals surface area (Å²) in [6.45, 7) is 9.25. The van der Waals surface area contributed by atoms with E-state index < -0.39 is 0 Å². The lowest BCUT2D eigenvalue weighted by Crippen LogP contribution is -1.70. The predicted octanol–water partition coefficient (Wildman–Crippen LogP) is 4.66. The first-order chi connectivity index (χ1) is 7.20. The molecule has 0 bridgehead atoms. The van der Waals surface area contributed by atoms with Crippen molar-refractivity contribution < 1.29 is 4.39 Å². The molecule has 0 rings (SSSR count). The molecule has 0 saturated carbocycles. The Labute approximate surface area is 91.5 Å². The highest BCUT2D eigenvalue weighted by molar-refractivity contribution is 5.25. The van der Waals surface area contributed by atoms with E-state index in [9.17, 15) is 4.39 Å². The van der Waals surface area contributed by atoms with Crippen LogP contribution in [0.3, 0.4) is 0 Å². The Morgan fingerprint density at radius 3 is 2.40 bits per heavy atom. The van der Waals surface area contributed by atoms with Crippen LogP contribution in [0.4, 0.5) is 4.39 Å². The molecule has 1 heteroatoms. The van der Waals surface area contributed by atoms with Crippen molar-refractivity contribution in [3.63, 3.8) is 0 Å². The zero-order valence-electron chi connectivity index (χ0n) is 9.12. The second-order valence-corrected chi connectivity index (χ2v) is 2.90. The van der Waals surface area contributed by atoms with Crippen molar-refractivity contribution in [2.45, 2.75) is 13.3 Å². The van der Waals surface area contributed by atoms with Crippen LogP contribution in [0.5, 0.6) is 0 Å². The first-order valence-corrected chi connectivity index (χ1v) is 4.88. The number of allylic oxidation sites excluding steroid dienone is 10. The zero-order valence-corrected chi connectivity index (χ0v) is 9.12. The summed E-state index contributed by atoms with van der Waals surface area (Å²) >= 11 is 0. The van der Waals surface area contributed by atoms with Gasteiger partial charge in [-0.05, 0) is 18.6 Å². The van der Waals surface area contributed by atoms with Gasteiger partial charge in [0.25, 0.3) is 0 Å². The molecule has 0 aliphatic carbocycles. The van der Waals surface area contributed by atoms with E-state index >= 15 is 0 Å². The van der Waals surface area contributed by atoms with Gasteiger partial charge in [-0.15, -0.1) is 0 Å². The van der Waals surface area contributed by atoms with E-state index in [0.717, 1.165) is 12.0 Å². The van der Waals surface area contributed by atoms with Crippen molar-refractivity contribution in [1.82, 2.24) is 0 Å². The topological polar surface area (TPSA) is 0 Å². The van der Waals surface area contributed by atoms with Gasteiger partial charge < -0.3 is 0 Å². The van der Waals surface area contributed by atoms with Crippen LogP contribution in [-0.4, -0.2) is 0 Å². The highest BCUT2D eigenvalue weighted by Crippen LogP contribution is 2.04. The summed E-state index contributed by atoms with van der Waals surface area (Å²) in [6.07, 6.45) is 13.9. The van der Waals surface area contributed by atoms with Crippen molar-refractivity contribution in [3.05, 3.63) is 73.2 Å². The van der Waals surface area contributed by atoms with E-state index in [1.807, 2.05) is 6.92 Å². The molecule has 15 heavy (non-hydrogen) atoms. The van der Waals surface area contributed by atoms with Gasteiger partial charge in [0.15, 0.2) is 0 Å². The maximum Gasteiger partial charge on any atom is 0.123 e. The molecule has 0 nitrogen and oxygen atoms in total. The number of rotatable bonds is 6. The summed E-state index contributed by atoms with van der Waals surface area (Å²) in [7, 11) is 0. The summed E-state index contributed by atoms with van der Waals surface area (Å²) in [4.78, 5) is 0. The highest BCUT2D eigenvalue weighted by Gasteiger charge is 1.85. The molecule has 0 spiro atoms. The van der Waals surface area contributed by atoms with Gasteiger partial charge in [-0.25, -0.2) is 4.39 Å². The van der Waals surface area contributed by atoms with Crippen LogP contribution in [0.25, 0.3) is 0 Å². The summed E-state index contributed by atoms with van der Waals surface area (Å²) in [5, 5.41) is 0. The fraction of sp³-hybridized carbons (Fsp3) is 0.143. The smallest absolute Gasteiger partial charge is 0.123 e. The van der Waals surface area contributed by atoms with E-state index in [-0.39, 0.29) is 5.83 Å². The molecule has 0 unspecified atom stereocenters. The van der Waals surface area contributed by atoms with E-state index in [1.54, 1.807) is 36.5 Å². The lowest BCUT2D eigenvalue weighted by Gasteiger charge is -1.89. The maximum atomic E-state index is 13.0. The molecule has 0 amide bonds. The Morgan fingerprint density at radius 1 is 1.13 bits per heavy atom. The van der Waals surface area contributed by atoms with E-state index in [1.165, 1.54) is 12.2 Å². The van der Waals surface area contributed by atoms with Gasteiger partial charge in [0.2, 0.25) is 0 Å². The fourth-order valence-electron chi connectivity index (χ4n) is 0.725. The van der Waals surface area contributed by atoms with E-state index in [0.29, 0.717) is 0 Å². The van der Waals surface area contributed by atoms with Crippen LogP contribution in [0.1, 0.15) is 13.3 Å². The van der Waals surface area contributed by atoms with Crippen LogP contribution in [0.15, 0.2) is 73.2 Å². The lowest BCUT2D eigenvalue weighted by atomic mass is 10.2. The molecule has 0 N–H and O–H groups in total. The van der Waals surface area contributed by atoms with E-state index in [4.69, 9.17) is 0 Å². The molecule has 0 atom stereocenters. The quantitative estimate of drug-likeness (QED) is 0.552. The standard InChI is InChI=1S/C14H17F/c1-4-6-7-8-9-10-14(15)12-11-13(3)5-2/h4,6-12H,1,3,5H2,2H3/b7-6-,9-8-,12-11-,14-10+. The first-order valence-electron chi connectivity index (χ1n) is 4.88. The lowest BCUT2D eigenvalue weighted by molar-refractivity contribution is 0.667. The fourth-order valence-corrected chi connectivity index (χ4v) is 0.725. The molecule has 0 fully saturated rings. The summed E-state index contributed by atoms with van der Waals surface area (Å²) in [6, 6.07) is 0. The van der Waals surface area contributed by atoms with Crippen molar-refractivity contribution >= 4 is 0 Å². The van der Waals surface area contributed by atoms with Crippen LogP contribution >= 0.6 is 0 Å². The average molecular weight is 204 g/mol. The van der Waals surface area contributed by atoms with Crippen molar-refractivity contribution in [1.29, 1.82) is 0 Å². The minimum atomic E-state index is -0.284. The summed E-state index contributed by atoms with van der Waals surface area (Å²) < 4.78 is 13.0. The van der Waals surface area contributed by atoms with Gasteiger partial charge in [-0.2, -0.15) is 0 Å². The van der Waals surface area contributed by atoms with Gasteiger partial charge in [-0.1, -0.05) is 62.1 Å². The SMILES string of the molecule is C=C\C=C/C=C\C=C(F)/C=C\C(=C)CC. The van der Waals surface area contributed by atoms with Crippen LogP contribution in [-0.2, 0) is 0 Å². The van der Waals surface area contributed by atoms with Gasteiger partial charge in [0.1, 0.15) is 5.83 Å². The second-order valence-electron chi connectivity index (χ2n) is 2.90. The molecule has 0 aliphatic rings. The Hall–Kier alpha value is -1.63. The first kappa shape index (κ1) is 13.4. The normalized spacial score (nSPS) is 13.1. The maximum absolute atomic E-state index is 13.0. The van der Waals surface area contributed by atoms with E-state index in [2.05, 4.69) is 13.2 Å². The molecular formula is C14H17F. The number of hydrogen-bond acceptors (Lipinski definition) is 0. The van der Waals surface area contributed by atoms with Gasteiger partial charge in [-0.3, -0.25) is 0 Å². The van der Waals surface area contributed by atoms with Crippen LogP contribution < -0.4 is 0 Å². The molecule has 0 aromatic carbocycles. The largest absolute Gasteiger partial charge is 0.207 e. The Morgan fingerprint density at radius 2 is 1.80 bits per heavy atom. The molecule has 80 valence electrons. The molecule has 0 aromatic rings. The molecule has 0 saturated heterocycles. The minimum absolute atomic E-state index is 0.284.